The molecule has 1 saturated heterocycles. The van der Waals surface area contributed by atoms with E-state index in [2.05, 4.69) is 0 Å². The summed E-state index contributed by atoms with van der Waals surface area (Å²) < 4.78 is 16.2. The zero-order valence-corrected chi connectivity index (χ0v) is 19.9. The van der Waals surface area contributed by atoms with Crippen molar-refractivity contribution in [1.29, 1.82) is 0 Å². The van der Waals surface area contributed by atoms with Crippen LogP contribution in [0.2, 0.25) is 5.02 Å². The van der Waals surface area contributed by atoms with Gasteiger partial charge in [0.1, 0.15) is 17.3 Å². The van der Waals surface area contributed by atoms with E-state index in [0.29, 0.717) is 35.1 Å². The predicted molar refractivity (Wildman–Crippen MR) is 126 cm³/mol. The summed E-state index contributed by atoms with van der Waals surface area (Å²) >= 11 is 6.14. The van der Waals surface area contributed by atoms with Crippen LogP contribution in [0.5, 0.6) is 11.5 Å². The fourth-order valence-electron chi connectivity index (χ4n) is 3.81. The molecule has 1 aliphatic rings. The van der Waals surface area contributed by atoms with Gasteiger partial charge in [-0.3, -0.25) is 9.59 Å². The summed E-state index contributed by atoms with van der Waals surface area (Å²) in [5, 5.41) is 11.6. The largest absolute Gasteiger partial charge is 0.507 e. The van der Waals surface area contributed by atoms with E-state index in [4.69, 9.17) is 25.8 Å². The van der Waals surface area contributed by atoms with Crippen LogP contribution in [0.1, 0.15) is 37.4 Å². The number of carbonyl (C=O) groups excluding carboxylic acids is 2. The van der Waals surface area contributed by atoms with Gasteiger partial charge in [-0.1, -0.05) is 23.7 Å². The Morgan fingerprint density at radius 2 is 1.79 bits per heavy atom. The van der Waals surface area contributed by atoms with Gasteiger partial charge in [0.25, 0.3) is 11.7 Å². The van der Waals surface area contributed by atoms with Gasteiger partial charge in [0.2, 0.25) is 0 Å². The highest BCUT2D eigenvalue weighted by Crippen LogP contribution is 2.41. The third-order valence-corrected chi connectivity index (χ3v) is 5.62. The van der Waals surface area contributed by atoms with Gasteiger partial charge in [-0.2, -0.15) is 0 Å². The monoisotopic (exact) mass is 473 g/mol. The lowest BCUT2D eigenvalue weighted by Gasteiger charge is -2.25. The van der Waals surface area contributed by atoms with Crippen molar-refractivity contribution in [2.45, 2.75) is 32.4 Å². The van der Waals surface area contributed by atoms with E-state index < -0.39 is 17.7 Å². The minimum absolute atomic E-state index is 0.0180. The van der Waals surface area contributed by atoms with Gasteiger partial charge in [-0.15, -0.1) is 0 Å². The Balaban J connectivity index is 2.09. The number of rotatable bonds is 9. The second kappa shape index (κ2) is 10.7. The zero-order valence-electron chi connectivity index (χ0n) is 19.1. The molecule has 0 bridgehead atoms. The third-order valence-electron chi connectivity index (χ3n) is 5.38. The van der Waals surface area contributed by atoms with Crippen LogP contribution in [0.25, 0.3) is 5.76 Å². The highest BCUT2D eigenvalue weighted by Gasteiger charge is 2.46. The number of halogens is 1. The molecule has 2 aromatic carbocycles. The first-order valence-electron chi connectivity index (χ1n) is 10.7. The first-order chi connectivity index (χ1) is 15.8. The second-order valence-corrected chi connectivity index (χ2v) is 8.32. The van der Waals surface area contributed by atoms with Gasteiger partial charge >= 0.3 is 0 Å². The highest BCUT2D eigenvalue weighted by atomic mass is 35.5. The Morgan fingerprint density at radius 3 is 2.39 bits per heavy atom. The lowest BCUT2D eigenvalue weighted by atomic mass is 9.95. The van der Waals surface area contributed by atoms with Crippen molar-refractivity contribution in [3.63, 3.8) is 0 Å². The lowest BCUT2D eigenvalue weighted by Crippen LogP contribution is -2.31. The summed E-state index contributed by atoms with van der Waals surface area (Å²) in [5.74, 6) is -0.808. The Bertz CT molecular complexity index is 1050. The Labute approximate surface area is 198 Å². The molecule has 176 valence electrons. The molecule has 1 N–H and O–H groups in total. The Hall–Kier alpha value is -3.03. The second-order valence-electron chi connectivity index (χ2n) is 7.88. The number of hydrogen-bond donors (Lipinski definition) is 1. The van der Waals surface area contributed by atoms with Crippen LogP contribution in [-0.2, 0) is 14.3 Å². The van der Waals surface area contributed by atoms with Gasteiger partial charge in [-0.05, 0) is 56.2 Å². The predicted octanol–water partition coefficient (Wildman–Crippen LogP) is 4.59. The van der Waals surface area contributed by atoms with Crippen molar-refractivity contribution in [1.82, 2.24) is 4.90 Å². The molecule has 7 nitrogen and oxygen atoms in total. The molecule has 1 heterocycles. The van der Waals surface area contributed by atoms with E-state index in [0.717, 1.165) is 0 Å². The molecule has 33 heavy (non-hydrogen) atoms. The molecule has 0 aromatic heterocycles. The number of methoxy groups -OCH3 is 2. The Kier molecular flexibility index (Phi) is 8.00. The average molecular weight is 474 g/mol. The van der Waals surface area contributed by atoms with Crippen molar-refractivity contribution >= 4 is 29.1 Å². The van der Waals surface area contributed by atoms with Crippen LogP contribution in [0.4, 0.5) is 0 Å². The van der Waals surface area contributed by atoms with Crippen LogP contribution in [0.3, 0.4) is 0 Å². The maximum atomic E-state index is 13.1. The van der Waals surface area contributed by atoms with Crippen molar-refractivity contribution in [2.24, 2.45) is 0 Å². The first-order valence-corrected chi connectivity index (χ1v) is 11.0. The normalized spacial score (nSPS) is 17.6. The molecule has 0 aliphatic carbocycles. The number of aliphatic hydroxyl groups is 1. The van der Waals surface area contributed by atoms with Crippen LogP contribution in [0.15, 0.2) is 48.0 Å². The minimum Gasteiger partial charge on any atom is -0.507 e. The minimum atomic E-state index is -0.779. The quantitative estimate of drug-likeness (QED) is 0.248. The van der Waals surface area contributed by atoms with E-state index >= 15 is 0 Å². The van der Waals surface area contributed by atoms with E-state index in [1.807, 2.05) is 13.8 Å². The molecule has 1 fully saturated rings. The number of hydrogen-bond acceptors (Lipinski definition) is 6. The molecule has 0 saturated carbocycles. The number of Topliss-reactive ketones (excluding diaryl/α,β-unsaturated/α-hetero) is 1. The summed E-state index contributed by atoms with van der Waals surface area (Å²) in [6, 6.07) is 11.0. The zero-order chi connectivity index (χ0) is 24.1. The molecule has 1 amide bonds. The first kappa shape index (κ1) is 24.6. The van der Waals surface area contributed by atoms with Gasteiger partial charge in [0, 0.05) is 18.2 Å². The van der Waals surface area contributed by atoms with Crippen LogP contribution in [-0.4, -0.2) is 55.2 Å². The Morgan fingerprint density at radius 1 is 1.09 bits per heavy atom. The highest BCUT2D eigenvalue weighted by molar-refractivity contribution is 6.46. The van der Waals surface area contributed by atoms with Crippen molar-refractivity contribution < 1.29 is 28.9 Å². The molecule has 0 spiro atoms. The molecule has 1 unspecified atom stereocenters. The number of benzene rings is 2. The molecule has 2 aromatic rings. The molecule has 0 radical (unpaired) electrons. The van der Waals surface area contributed by atoms with Gasteiger partial charge in [-0.25, -0.2) is 0 Å². The molecular formula is C25H28ClNO6. The molecule has 1 atom stereocenters. The average Bonchev–Trinajstić information content (AvgIpc) is 3.06. The fraction of sp³-hybridized carbons (Fsp3) is 0.360. The van der Waals surface area contributed by atoms with Crippen LogP contribution < -0.4 is 9.47 Å². The number of likely N-dealkylation sites (tertiary alicyclic amines) is 1. The number of nitrogens with zero attached hydrogens (tertiary/aromatic N) is 1. The number of aliphatic hydroxyl groups excluding tert-OH is 1. The summed E-state index contributed by atoms with van der Waals surface area (Å²) in [7, 11) is 3.01. The number of ketones is 1. The number of ether oxygens (including phenoxy) is 3. The summed E-state index contributed by atoms with van der Waals surface area (Å²) in [6.45, 7) is 4.60. The molecule has 8 heteroatoms. The van der Waals surface area contributed by atoms with E-state index in [9.17, 15) is 14.7 Å². The van der Waals surface area contributed by atoms with E-state index in [1.165, 1.54) is 18.1 Å². The maximum Gasteiger partial charge on any atom is 0.295 e. The summed E-state index contributed by atoms with van der Waals surface area (Å²) in [6.07, 6.45) is 0.603. The van der Waals surface area contributed by atoms with Gasteiger partial charge in [0.05, 0.1) is 37.5 Å². The smallest absolute Gasteiger partial charge is 0.295 e. The summed E-state index contributed by atoms with van der Waals surface area (Å²) in [4.78, 5) is 27.6. The topological polar surface area (TPSA) is 85.3 Å². The van der Waals surface area contributed by atoms with Crippen molar-refractivity contribution in [3.8, 4) is 11.5 Å². The standard InChI is InChI=1S/C25H28ClNO6/c1-15(2)33-13-5-12-27-22(16-6-9-18(31-3)10-7-16)21(24(29)25(27)30)23(28)19-14-17(26)8-11-20(19)32-4/h6-11,14-15,22,28H,5,12-13H2,1-4H3/b23-21+. The molecule has 1 aliphatic heterocycles. The third kappa shape index (κ3) is 5.31. The van der Waals surface area contributed by atoms with Crippen molar-refractivity contribution in [3.05, 3.63) is 64.2 Å². The molecular weight excluding hydrogens is 446 g/mol. The fourth-order valence-corrected chi connectivity index (χ4v) is 3.98. The summed E-state index contributed by atoms with van der Waals surface area (Å²) in [5.41, 5.74) is 0.891. The van der Waals surface area contributed by atoms with E-state index in [1.54, 1.807) is 43.5 Å². The van der Waals surface area contributed by atoms with Crippen LogP contribution in [0, 0.1) is 0 Å². The number of amides is 1. The SMILES string of the molecule is COc1ccc(C2/C(=C(\O)c3cc(Cl)ccc3OC)C(=O)C(=O)N2CCCOC(C)C)cc1. The molecule has 3 rings (SSSR count). The maximum absolute atomic E-state index is 13.1. The van der Waals surface area contributed by atoms with E-state index in [-0.39, 0.29) is 29.5 Å². The number of carbonyl (C=O) groups is 2. The van der Waals surface area contributed by atoms with Gasteiger partial charge in [0.15, 0.2) is 0 Å². The van der Waals surface area contributed by atoms with Crippen molar-refractivity contribution in [2.75, 3.05) is 27.4 Å². The van der Waals surface area contributed by atoms with Gasteiger partial charge < -0.3 is 24.2 Å². The lowest BCUT2D eigenvalue weighted by molar-refractivity contribution is -0.140. The van der Waals surface area contributed by atoms with Crippen LogP contribution >= 0.6 is 11.6 Å².